The van der Waals surface area contributed by atoms with Crippen LogP contribution in [0, 0.1) is 17.8 Å². The van der Waals surface area contributed by atoms with Gasteiger partial charge in [0.15, 0.2) is 0 Å². The molecule has 2 aliphatic rings. The fourth-order valence-electron chi connectivity index (χ4n) is 4.05. The Kier molecular flexibility index (Phi) is 4.92. The summed E-state index contributed by atoms with van der Waals surface area (Å²) in [5, 5.41) is 0. The van der Waals surface area contributed by atoms with Gasteiger partial charge in [-0.3, -0.25) is 20.4 Å². The minimum atomic E-state index is -0.395. The van der Waals surface area contributed by atoms with Gasteiger partial charge in [0.05, 0.1) is 14.2 Å². The number of nitrogens with one attached hydrogen (secondary N) is 2. The monoisotopic (exact) mass is 332 g/mol. The second-order valence-electron chi connectivity index (χ2n) is 6.74. The average molecular weight is 332 g/mol. The van der Waals surface area contributed by atoms with Crippen molar-refractivity contribution in [3.63, 3.8) is 0 Å². The third kappa shape index (κ3) is 3.63. The molecule has 0 heterocycles. The maximum atomic E-state index is 12.2. The molecule has 3 atom stereocenters. The minimum absolute atomic E-state index is 0.129. The van der Waals surface area contributed by atoms with Gasteiger partial charge >= 0.3 is 0 Å². The van der Waals surface area contributed by atoms with Crippen LogP contribution in [0.1, 0.15) is 42.5 Å². The highest BCUT2D eigenvalue weighted by Crippen LogP contribution is 2.49. The van der Waals surface area contributed by atoms with Crippen molar-refractivity contribution in [1.29, 1.82) is 0 Å². The number of carbonyl (C=O) groups excluding carboxylic acids is 2. The molecule has 0 saturated heterocycles. The van der Waals surface area contributed by atoms with Gasteiger partial charge in [-0.1, -0.05) is 6.42 Å². The average Bonchev–Trinajstić information content (AvgIpc) is 3.22. The van der Waals surface area contributed by atoms with Gasteiger partial charge in [-0.2, -0.15) is 0 Å². The number of carbonyl (C=O) groups is 2. The predicted octanol–water partition coefficient (Wildman–Crippen LogP) is 2.29. The third-order valence-electron chi connectivity index (χ3n) is 5.26. The van der Waals surface area contributed by atoms with E-state index in [2.05, 4.69) is 10.9 Å². The zero-order chi connectivity index (χ0) is 17.1. The summed E-state index contributed by atoms with van der Waals surface area (Å²) in [6.45, 7) is 0. The van der Waals surface area contributed by atoms with Crippen LogP contribution in [-0.2, 0) is 4.79 Å². The summed E-state index contributed by atoms with van der Waals surface area (Å²) >= 11 is 0. The largest absolute Gasteiger partial charge is 0.497 e. The van der Waals surface area contributed by atoms with Crippen molar-refractivity contribution in [3.8, 4) is 11.5 Å². The number of hydrogen-bond donors (Lipinski definition) is 2. The highest BCUT2D eigenvalue weighted by atomic mass is 16.5. The molecule has 0 aromatic heterocycles. The molecular formula is C18H24N2O4. The van der Waals surface area contributed by atoms with E-state index >= 15 is 0 Å². The van der Waals surface area contributed by atoms with Crippen LogP contribution in [0.4, 0.5) is 0 Å². The molecule has 2 amide bonds. The Balaban J connectivity index is 1.52. The SMILES string of the molecule is COc1cc(OC)cc(C(=O)NNC(=O)C[C@@H]2C[C@H]3CC[C@@H]2C3)c1. The molecule has 0 radical (unpaired) electrons. The van der Waals surface area contributed by atoms with E-state index in [9.17, 15) is 9.59 Å². The number of rotatable bonds is 5. The minimum Gasteiger partial charge on any atom is -0.497 e. The lowest BCUT2D eigenvalue weighted by Gasteiger charge is -2.20. The first-order valence-electron chi connectivity index (χ1n) is 8.41. The Labute approximate surface area is 141 Å². The van der Waals surface area contributed by atoms with E-state index in [4.69, 9.17) is 9.47 Å². The smallest absolute Gasteiger partial charge is 0.269 e. The first-order valence-corrected chi connectivity index (χ1v) is 8.41. The van der Waals surface area contributed by atoms with Gasteiger partial charge in [0, 0.05) is 18.1 Å². The molecule has 0 spiro atoms. The van der Waals surface area contributed by atoms with E-state index in [0.29, 0.717) is 35.3 Å². The molecule has 2 bridgehead atoms. The summed E-state index contributed by atoms with van der Waals surface area (Å²) in [6, 6.07) is 4.88. The standard InChI is InChI=1S/C18H24N2O4/c1-23-15-7-14(8-16(10-15)24-2)18(22)20-19-17(21)9-13-6-11-3-4-12(13)5-11/h7-8,10-13H,3-6,9H2,1-2H3,(H,19,21)(H,20,22)/t11-,12+,13-/m0/s1. The Morgan fingerprint density at radius 2 is 1.75 bits per heavy atom. The number of amides is 2. The lowest BCUT2D eigenvalue weighted by atomic mass is 9.86. The molecule has 0 unspecified atom stereocenters. The van der Waals surface area contributed by atoms with E-state index < -0.39 is 5.91 Å². The summed E-state index contributed by atoms with van der Waals surface area (Å²) < 4.78 is 10.3. The van der Waals surface area contributed by atoms with Crippen LogP contribution < -0.4 is 20.3 Å². The van der Waals surface area contributed by atoms with Gasteiger partial charge < -0.3 is 9.47 Å². The van der Waals surface area contributed by atoms with Crippen molar-refractivity contribution in [2.45, 2.75) is 32.1 Å². The molecule has 2 saturated carbocycles. The van der Waals surface area contributed by atoms with Crippen LogP contribution in [0.2, 0.25) is 0 Å². The van der Waals surface area contributed by atoms with Gasteiger partial charge in [0.25, 0.3) is 5.91 Å². The number of hydrazine groups is 1. The Hall–Kier alpha value is -2.24. The van der Waals surface area contributed by atoms with E-state index in [1.54, 1.807) is 18.2 Å². The topological polar surface area (TPSA) is 76.7 Å². The molecule has 1 aromatic rings. The summed E-state index contributed by atoms with van der Waals surface area (Å²) in [7, 11) is 3.04. The maximum absolute atomic E-state index is 12.2. The third-order valence-corrected chi connectivity index (χ3v) is 5.26. The molecule has 0 aliphatic heterocycles. The Morgan fingerprint density at radius 3 is 2.29 bits per heavy atom. The van der Waals surface area contributed by atoms with E-state index in [-0.39, 0.29) is 5.91 Å². The molecule has 24 heavy (non-hydrogen) atoms. The van der Waals surface area contributed by atoms with Crippen molar-refractivity contribution < 1.29 is 19.1 Å². The van der Waals surface area contributed by atoms with Crippen LogP contribution in [0.15, 0.2) is 18.2 Å². The number of benzene rings is 1. The quantitative estimate of drug-likeness (QED) is 0.811. The van der Waals surface area contributed by atoms with Crippen molar-refractivity contribution >= 4 is 11.8 Å². The van der Waals surface area contributed by atoms with Gasteiger partial charge in [0.2, 0.25) is 5.91 Å². The molecule has 1 aromatic carbocycles. The molecule has 2 fully saturated rings. The molecule has 2 N–H and O–H groups in total. The van der Waals surface area contributed by atoms with Crippen LogP contribution in [0.5, 0.6) is 11.5 Å². The Bertz CT molecular complexity index is 609. The second kappa shape index (κ2) is 7.11. The number of ether oxygens (including phenoxy) is 2. The lowest BCUT2D eigenvalue weighted by Crippen LogP contribution is -2.42. The lowest BCUT2D eigenvalue weighted by molar-refractivity contribution is -0.123. The number of fused-ring (bicyclic) bond motifs is 2. The fraction of sp³-hybridized carbons (Fsp3) is 0.556. The van der Waals surface area contributed by atoms with Gasteiger partial charge in [-0.25, -0.2) is 0 Å². The zero-order valence-corrected chi connectivity index (χ0v) is 14.1. The summed E-state index contributed by atoms with van der Waals surface area (Å²) in [5.41, 5.74) is 5.36. The van der Waals surface area contributed by atoms with Crippen molar-refractivity contribution in [3.05, 3.63) is 23.8 Å². The first kappa shape index (κ1) is 16.6. The molecular weight excluding hydrogens is 308 g/mol. The molecule has 3 rings (SSSR count). The summed E-state index contributed by atoms with van der Waals surface area (Å²) in [6.07, 6.45) is 5.48. The maximum Gasteiger partial charge on any atom is 0.269 e. The summed E-state index contributed by atoms with van der Waals surface area (Å²) in [4.78, 5) is 24.3. The van der Waals surface area contributed by atoms with Gasteiger partial charge in [-0.15, -0.1) is 0 Å². The van der Waals surface area contributed by atoms with Gasteiger partial charge in [-0.05, 0) is 49.1 Å². The highest BCUT2D eigenvalue weighted by Gasteiger charge is 2.40. The van der Waals surface area contributed by atoms with Crippen LogP contribution in [0.25, 0.3) is 0 Å². The zero-order valence-electron chi connectivity index (χ0n) is 14.1. The molecule has 2 aliphatic carbocycles. The summed E-state index contributed by atoms with van der Waals surface area (Å²) in [5.74, 6) is 2.49. The molecule has 6 nitrogen and oxygen atoms in total. The van der Waals surface area contributed by atoms with E-state index in [0.717, 1.165) is 12.3 Å². The van der Waals surface area contributed by atoms with Crippen LogP contribution >= 0.6 is 0 Å². The normalized spacial score (nSPS) is 24.5. The Morgan fingerprint density at radius 1 is 1.04 bits per heavy atom. The van der Waals surface area contributed by atoms with Crippen molar-refractivity contribution in [2.24, 2.45) is 17.8 Å². The first-order chi connectivity index (χ1) is 11.6. The fourth-order valence-corrected chi connectivity index (χ4v) is 4.05. The van der Waals surface area contributed by atoms with E-state index in [1.165, 1.54) is 33.5 Å². The van der Waals surface area contributed by atoms with Crippen molar-refractivity contribution in [1.82, 2.24) is 10.9 Å². The predicted molar refractivity (Wildman–Crippen MR) is 88.7 cm³/mol. The van der Waals surface area contributed by atoms with E-state index in [1.807, 2.05) is 0 Å². The van der Waals surface area contributed by atoms with Gasteiger partial charge in [0.1, 0.15) is 11.5 Å². The number of hydrogen-bond acceptors (Lipinski definition) is 4. The highest BCUT2D eigenvalue weighted by molar-refractivity contribution is 5.96. The van der Waals surface area contributed by atoms with Crippen LogP contribution in [0.3, 0.4) is 0 Å². The number of methoxy groups -OCH3 is 2. The van der Waals surface area contributed by atoms with Crippen molar-refractivity contribution in [2.75, 3.05) is 14.2 Å². The molecule has 6 heteroatoms. The van der Waals surface area contributed by atoms with Crippen LogP contribution in [-0.4, -0.2) is 26.0 Å². The molecule has 130 valence electrons. The second-order valence-corrected chi connectivity index (χ2v) is 6.74.